The second kappa shape index (κ2) is 5.34. The van der Waals surface area contributed by atoms with Crippen LogP contribution in [0.4, 0.5) is 0 Å². The van der Waals surface area contributed by atoms with E-state index in [1.54, 1.807) is 26.0 Å². The smallest absolute Gasteiger partial charge is 0.326 e. The first kappa shape index (κ1) is 13.0. The van der Waals surface area contributed by atoms with E-state index in [1.165, 1.54) is 6.07 Å². The van der Waals surface area contributed by atoms with Crippen LogP contribution in [0.3, 0.4) is 0 Å². The Morgan fingerprint density at radius 2 is 2.06 bits per heavy atom. The highest BCUT2D eigenvalue weighted by atomic mass is 16.4. The Morgan fingerprint density at radius 3 is 2.59 bits per heavy atom. The predicted molar refractivity (Wildman–Crippen MR) is 62.0 cm³/mol. The molecule has 0 aliphatic rings. The number of carbonyl (C=O) groups excluding carboxylic acids is 1. The van der Waals surface area contributed by atoms with Gasteiger partial charge < -0.3 is 15.5 Å². The van der Waals surface area contributed by atoms with E-state index in [2.05, 4.69) is 5.32 Å². The highest BCUT2D eigenvalue weighted by Gasteiger charge is 2.20. The molecule has 0 fully saturated rings. The molecule has 0 bridgehead atoms. The average Bonchev–Trinajstić information content (AvgIpc) is 2.28. The minimum Gasteiger partial charge on any atom is -0.507 e. The van der Waals surface area contributed by atoms with Crippen LogP contribution in [0.15, 0.2) is 18.2 Å². The molecular weight excluding hydrogens is 222 g/mol. The number of aryl methyl sites for hydroxylation is 1. The molecule has 3 N–H and O–H groups in total. The van der Waals surface area contributed by atoms with Gasteiger partial charge in [0.2, 0.25) is 0 Å². The fraction of sp³-hybridized carbons (Fsp3) is 0.333. The summed E-state index contributed by atoms with van der Waals surface area (Å²) in [7, 11) is 0. The van der Waals surface area contributed by atoms with Crippen molar-refractivity contribution in [1.82, 2.24) is 5.32 Å². The number of amides is 1. The van der Waals surface area contributed by atoms with Crippen LogP contribution in [0.25, 0.3) is 0 Å². The summed E-state index contributed by atoms with van der Waals surface area (Å²) in [6.45, 7) is 3.33. The number of carboxylic acid groups (broad SMARTS) is 1. The van der Waals surface area contributed by atoms with E-state index in [1.807, 2.05) is 0 Å². The SMILES string of the molecule is CCC(NC(=O)c1cccc(C)c1O)C(=O)O. The van der Waals surface area contributed by atoms with Crippen LogP contribution in [0.1, 0.15) is 29.3 Å². The number of aliphatic carboxylic acids is 1. The molecule has 0 heterocycles. The summed E-state index contributed by atoms with van der Waals surface area (Å²) in [5.74, 6) is -1.79. The topological polar surface area (TPSA) is 86.6 Å². The van der Waals surface area contributed by atoms with Gasteiger partial charge >= 0.3 is 5.97 Å². The van der Waals surface area contributed by atoms with E-state index < -0.39 is 17.9 Å². The van der Waals surface area contributed by atoms with Gasteiger partial charge in [-0.1, -0.05) is 19.1 Å². The van der Waals surface area contributed by atoms with Gasteiger partial charge in [-0.15, -0.1) is 0 Å². The fourth-order valence-corrected chi connectivity index (χ4v) is 1.42. The van der Waals surface area contributed by atoms with Crippen LogP contribution in [0, 0.1) is 6.92 Å². The highest BCUT2D eigenvalue weighted by molar-refractivity contribution is 5.99. The van der Waals surface area contributed by atoms with Crippen LogP contribution in [0.5, 0.6) is 5.75 Å². The average molecular weight is 237 g/mol. The lowest BCUT2D eigenvalue weighted by atomic mass is 10.1. The lowest BCUT2D eigenvalue weighted by molar-refractivity contribution is -0.139. The third kappa shape index (κ3) is 2.96. The van der Waals surface area contributed by atoms with Gasteiger partial charge in [0.15, 0.2) is 0 Å². The molecule has 0 spiro atoms. The Balaban J connectivity index is 2.90. The fourth-order valence-electron chi connectivity index (χ4n) is 1.42. The van der Waals surface area contributed by atoms with Crippen molar-refractivity contribution in [3.63, 3.8) is 0 Å². The van der Waals surface area contributed by atoms with Gasteiger partial charge in [-0.3, -0.25) is 4.79 Å². The first-order valence-corrected chi connectivity index (χ1v) is 5.29. The summed E-state index contributed by atoms with van der Waals surface area (Å²) in [6.07, 6.45) is 0.285. The van der Waals surface area contributed by atoms with Crippen LogP contribution in [0.2, 0.25) is 0 Å². The van der Waals surface area contributed by atoms with Crippen molar-refractivity contribution < 1.29 is 19.8 Å². The Hall–Kier alpha value is -2.04. The van der Waals surface area contributed by atoms with Gasteiger partial charge in [-0.05, 0) is 25.0 Å². The van der Waals surface area contributed by atoms with Gasteiger partial charge in [0.25, 0.3) is 5.91 Å². The minimum absolute atomic E-state index is 0.0877. The molecule has 17 heavy (non-hydrogen) atoms. The van der Waals surface area contributed by atoms with Crippen LogP contribution >= 0.6 is 0 Å². The van der Waals surface area contributed by atoms with Crippen molar-refractivity contribution in [1.29, 1.82) is 0 Å². The molecule has 0 aliphatic carbocycles. The molecule has 5 heteroatoms. The van der Waals surface area contributed by atoms with Crippen molar-refractivity contribution in [2.45, 2.75) is 26.3 Å². The Morgan fingerprint density at radius 1 is 1.41 bits per heavy atom. The van der Waals surface area contributed by atoms with Crippen molar-refractivity contribution in [3.8, 4) is 5.75 Å². The van der Waals surface area contributed by atoms with E-state index in [4.69, 9.17) is 5.11 Å². The molecule has 0 radical (unpaired) electrons. The molecule has 1 aromatic rings. The van der Waals surface area contributed by atoms with E-state index in [0.29, 0.717) is 5.56 Å². The third-order valence-corrected chi connectivity index (χ3v) is 2.49. The van der Waals surface area contributed by atoms with Gasteiger partial charge in [-0.25, -0.2) is 4.79 Å². The number of rotatable bonds is 4. The number of hydrogen-bond donors (Lipinski definition) is 3. The molecule has 1 amide bonds. The number of phenolic OH excluding ortho intramolecular Hbond substituents is 1. The summed E-state index contributed by atoms with van der Waals surface area (Å²) in [5.41, 5.74) is 0.658. The molecule has 0 saturated carbocycles. The van der Waals surface area contributed by atoms with Crippen molar-refractivity contribution in [3.05, 3.63) is 29.3 Å². The summed E-state index contributed by atoms with van der Waals surface area (Å²) in [6, 6.07) is 3.81. The Bertz CT molecular complexity index is 442. The Labute approximate surface area is 99.1 Å². The lowest BCUT2D eigenvalue weighted by Gasteiger charge is -2.13. The number of carbonyl (C=O) groups is 2. The van der Waals surface area contributed by atoms with E-state index in [9.17, 15) is 14.7 Å². The summed E-state index contributed by atoms with van der Waals surface area (Å²) in [5, 5.41) is 20.9. The quantitative estimate of drug-likeness (QED) is 0.736. The van der Waals surface area contributed by atoms with Crippen molar-refractivity contribution >= 4 is 11.9 Å². The lowest BCUT2D eigenvalue weighted by Crippen LogP contribution is -2.40. The first-order chi connectivity index (χ1) is 7.97. The molecule has 92 valence electrons. The largest absolute Gasteiger partial charge is 0.507 e. The molecule has 1 aromatic carbocycles. The predicted octanol–water partition coefficient (Wildman–Crippen LogP) is 1.29. The molecule has 5 nitrogen and oxygen atoms in total. The Kier molecular flexibility index (Phi) is 4.09. The standard InChI is InChI=1S/C12H15NO4/c1-3-9(12(16)17)13-11(15)8-6-4-5-7(2)10(8)14/h4-6,9,14H,3H2,1-2H3,(H,13,15)(H,16,17). The summed E-state index contributed by atoms with van der Waals surface area (Å²) >= 11 is 0. The number of aromatic hydroxyl groups is 1. The van der Waals surface area contributed by atoms with Crippen LogP contribution < -0.4 is 5.32 Å². The summed E-state index contributed by atoms with van der Waals surface area (Å²) < 4.78 is 0. The van der Waals surface area contributed by atoms with Crippen LogP contribution in [-0.4, -0.2) is 28.1 Å². The number of nitrogens with one attached hydrogen (secondary N) is 1. The molecule has 0 aromatic heterocycles. The zero-order chi connectivity index (χ0) is 13.0. The maximum absolute atomic E-state index is 11.8. The van der Waals surface area contributed by atoms with E-state index in [-0.39, 0.29) is 17.7 Å². The number of carboxylic acids is 1. The number of para-hydroxylation sites is 1. The molecular formula is C12H15NO4. The second-order valence-corrected chi connectivity index (χ2v) is 3.74. The van der Waals surface area contributed by atoms with E-state index in [0.717, 1.165) is 0 Å². The van der Waals surface area contributed by atoms with Crippen LogP contribution in [-0.2, 0) is 4.79 Å². The van der Waals surface area contributed by atoms with Gasteiger partial charge in [-0.2, -0.15) is 0 Å². The second-order valence-electron chi connectivity index (χ2n) is 3.74. The maximum atomic E-state index is 11.8. The molecule has 1 atom stereocenters. The molecule has 0 saturated heterocycles. The van der Waals surface area contributed by atoms with E-state index >= 15 is 0 Å². The number of benzene rings is 1. The van der Waals surface area contributed by atoms with Gasteiger partial charge in [0.1, 0.15) is 11.8 Å². The highest BCUT2D eigenvalue weighted by Crippen LogP contribution is 2.21. The van der Waals surface area contributed by atoms with Crippen molar-refractivity contribution in [2.75, 3.05) is 0 Å². The first-order valence-electron chi connectivity index (χ1n) is 5.29. The minimum atomic E-state index is -1.09. The van der Waals surface area contributed by atoms with Gasteiger partial charge in [0, 0.05) is 0 Å². The monoisotopic (exact) mass is 237 g/mol. The summed E-state index contributed by atoms with van der Waals surface area (Å²) in [4.78, 5) is 22.5. The molecule has 1 unspecified atom stereocenters. The number of hydrogen-bond acceptors (Lipinski definition) is 3. The molecule has 0 aliphatic heterocycles. The zero-order valence-electron chi connectivity index (χ0n) is 9.73. The normalized spacial score (nSPS) is 11.9. The zero-order valence-corrected chi connectivity index (χ0v) is 9.73. The van der Waals surface area contributed by atoms with Gasteiger partial charge in [0.05, 0.1) is 5.56 Å². The van der Waals surface area contributed by atoms with Crippen molar-refractivity contribution in [2.24, 2.45) is 0 Å². The molecule has 1 rings (SSSR count). The maximum Gasteiger partial charge on any atom is 0.326 e. The number of phenols is 1. The third-order valence-electron chi connectivity index (χ3n) is 2.49.